The zero-order valence-corrected chi connectivity index (χ0v) is 13.8. The first-order chi connectivity index (χ1) is 11.4. The van der Waals surface area contributed by atoms with Crippen molar-refractivity contribution in [3.8, 4) is 0 Å². The molecule has 1 atom stereocenters. The molecule has 126 valence electrons. The molecule has 2 N–H and O–H groups in total. The summed E-state index contributed by atoms with van der Waals surface area (Å²) in [5.74, 6) is -1.48. The fourth-order valence-electron chi connectivity index (χ4n) is 2.83. The SMILES string of the molecule is Cn1nc(C(=O)O)cc1C(=O)NC1CCN(c2cccc(Cl)c2)C1. The molecule has 0 saturated carbocycles. The maximum absolute atomic E-state index is 12.4. The van der Waals surface area contributed by atoms with Gasteiger partial charge in [-0.2, -0.15) is 5.10 Å². The Morgan fingerprint density at radius 2 is 2.17 bits per heavy atom. The van der Waals surface area contributed by atoms with E-state index in [1.807, 2.05) is 24.3 Å². The summed E-state index contributed by atoms with van der Waals surface area (Å²) in [4.78, 5) is 25.4. The number of hydrogen-bond acceptors (Lipinski definition) is 4. The van der Waals surface area contributed by atoms with E-state index in [2.05, 4.69) is 15.3 Å². The van der Waals surface area contributed by atoms with Crippen molar-refractivity contribution < 1.29 is 14.7 Å². The highest BCUT2D eigenvalue weighted by Gasteiger charge is 2.26. The van der Waals surface area contributed by atoms with Gasteiger partial charge >= 0.3 is 5.97 Å². The van der Waals surface area contributed by atoms with Crippen molar-refractivity contribution in [3.05, 3.63) is 46.7 Å². The number of carbonyl (C=O) groups is 2. The average Bonchev–Trinajstić information content (AvgIpc) is 3.14. The third-order valence-electron chi connectivity index (χ3n) is 4.03. The van der Waals surface area contributed by atoms with Crippen LogP contribution in [0.3, 0.4) is 0 Å². The number of benzene rings is 1. The highest BCUT2D eigenvalue weighted by atomic mass is 35.5. The zero-order chi connectivity index (χ0) is 17.3. The third kappa shape index (κ3) is 3.35. The summed E-state index contributed by atoms with van der Waals surface area (Å²) in [5, 5.41) is 16.4. The summed E-state index contributed by atoms with van der Waals surface area (Å²) < 4.78 is 1.28. The number of rotatable bonds is 4. The van der Waals surface area contributed by atoms with Gasteiger partial charge in [0, 0.05) is 43.0 Å². The summed E-state index contributed by atoms with van der Waals surface area (Å²) in [6, 6.07) is 8.86. The van der Waals surface area contributed by atoms with Crippen LogP contribution < -0.4 is 10.2 Å². The first kappa shape index (κ1) is 16.3. The maximum Gasteiger partial charge on any atom is 0.356 e. The minimum atomic E-state index is -1.15. The minimum absolute atomic E-state index is 0.0142. The third-order valence-corrected chi connectivity index (χ3v) is 4.26. The lowest BCUT2D eigenvalue weighted by atomic mass is 10.2. The lowest BCUT2D eigenvalue weighted by Crippen LogP contribution is -2.37. The van der Waals surface area contributed by atoms with Gasteiger partial charge in [-0.25, -0.2) is 4.79 Å². The molecule has 1 unspecified atom stereocenters. The molecular weight excluding hydrogens is 332 g/mol. The van der Waals surface area contributed by atoms with E-state index in [0.29, 0.717) is 11.6 Å². The van der Waals surface area contributed by atoms with E-state index >= 15 is 0 Å². The van der Waals surface area contributed by atoms with Gasteiger partial charge in [0.05, 0.1) is 0 Å². The second kappa shape index (κ2) is 6.52. The van der Waals surface area contributed by atoms with E-state index in [1.54, 1.807) is 7.05 Å². The first-order valence-corrected chi connectivity index (χ1v) is 7.90. The first-order valence-electron chi connectivity index (χ1n) is 7.53. The normalized spacial score (nSPS) is 17.1. The van der Waals surface area contributed by atoms with Crippen molar-refractivity contribution in [1.29, 1.82) is 0 Å². The Morgan fingerprint density at radius 1 is 1.38 bits per heavy atom. The Balaban J connectivity index is 1.65. The number of amides is 1. The highest BCUT2D eigenvalue weighted by molar-refractivity contribution is 6.30. The van der Waals surface area contributed by atoms with Crippen molar-refractivity contribution in [2.75, 3.05) is 18.0 Å². The predicted octanol–water partition coefficient (Wildman–Crippen LogP) is 1.78. The number of aryl methyl sites for hydroxylation is 1. The number of carbonyl (C=O) groups excluding carboxylic acids is 1. The molecule has 8 heteroatoms. The molecule has 0 bridgehead atoms. The van der Waals surface area contributed by atoms with Gasteiger partial charge in [0.2, 0.25) is 0 Å². The number of anilines is 1. The standard InChI is InChI=1S/C16H17ClN4O3/c1-20-14(8-13(19-20)16(23)24)15(22)18-11-5-6-21(9-11)12-4-2-3-10(17)7-12/h2-4,7-8,11H,5-6,9H2,1H3,(H,18,22)(H,23,24). The highest BCUT2D eigenvalue weighted by Crippen LogP contribution is 2.23. The smallest absolute Gasteiger partial charge is 0.356 e. The van der Waals surface area contributed by atoms with Gasteiger partial charge in [-0.05, 0) is 24.6 Å². The van der Waals surface area contributed by atoms with Crippen molar-refractivity contribution >= 4 is 29.2 Å². The van der Waals surface area contributed by atoms with Crippen LogP contribution in [0.2, 0.25) is 5.02 Å². The Kier molecular flexibility index (Phi) is 4.44. The van der Waals surface area contributed by atoms with Crippen LogP contribution in [0, 0.1) is 0 Å². The molecular formula is C16H17ClN4O3. The van der Waals surface area contributed by atoms with Crippen LogP contribution in [0.1, 0.15) is 27.4 Å². The molecule has 1 aliphatic rings. The van der Waals surface area contributed by atoms with Crippen molar-refractivity contribution in [3.63, 3.8) is 0 Å². The molecule has 1 aliphatic heterocycles. The Hall–Kier alpha value is -2.54. The number of carboxylic acids is 1. The van der Waals surface area contributed by atoms with E-state index in [4.69, 9.17) is 16.7 Å². The molecule has 0 aliphatic carbocycles. The fraction of sp³-hybridized carbons (Fsp3) is 0.312. The van der Waals surface area contributed by atoms with Crippen LogP contribution in [0.25, 0.3) is 0 Å². The van der Waals surface area contributed by atoms with Crippen LogP contribution >= 0.6 is 11.6 Å². The maximum atomic E-state index is 12.4. The summed E-state index contributed by atoms with van der Waals surface area (Å²) in [7, 11) is 1.55. The summed E-state index contributed by atoms with van der Waals surface area (Å²) in [5.41, 5.74) is 1.11. The topological polar surface area (TPSA) is 87.5 Å². The van der Waals surface area contributed by atoms with Crippen LogP contribution in [0.4, 0.5) is 5.69 Å². The molecule has 1 aromatic carbocycles. The van der Waals surface area contributed by atoms with Crippen molar-refractivity contribution in [1.82, 2.24) is 15.1 Å². The van der Waals surface area contributed by atoms with E-state index < -0.39 is 5.97 Å². The Labute approximate surface area is 143 Å². The van der Waals surface area contributed by atoms with E-state index in [9.17, 15) is 9.59 Å². The van der Waals surface area contributed by atoms with Crippen molar-refractivity contribution in [2.24, 2.45) is 7.05 Å². The van der Waals surface area contributed by atoms with E-state index in [0.717, 1.165) is 18.7 Å². The lowest BCUT2D eigenvalue weighted by molar-refractivity contribution is 0.0689. The molecule has 1 fully saturated rings. The fourth-order valence-corrected chi connectivity index (χ4v) is 3.01. The second-order valence-corrected chi connectivity index (χ2v) is 6.16. The molecule has 7 nitrogen and oxygen atoms in total. The van der Waals surface area contributed by atoms with Gasteiger partial charge in [-0.15, -0.1) is 0 Å². The van der Waals surface area contributed by atoms with Gasteiger partial charge in [0.15, 0.2) is 5.69 Å². The number of nitrogens with one attached hydrogen (secondary N) is 1. The molecule has 3 rings (SSSR count). The quantitative estimate of drug-likeness (QED) is 0.879. The van der Waals surface area contributed by atoms with E-state index in [1.165, 1.54) is 10.7 Å². The summed E-state index contributed by atoms with van der Waals surface area (Å²) >= 11 is 6.02. The molecule has 24 heavy (non-hydrogen) atoms. The van der Waals surface area contributed by atoms with Gasteiger partial charge in [0.25, 0.3) is 5.91 Å². The van der Waals surface area contributed by atoms with Gasteiger partial charge < -0.3 is 15.3 Å². The number of hydrogen-bond donors (Lipinski definition) is 2. The molecule has 1 aromatic heterocycles. The number of halogens is 1. The summed E-state index contributed by atoms with van der Waals surface area (Å²) in [6.07, 6.45) is 0.807. The Bertz CT molecular complexity index is 789. The monoisotopic (exact) mass is 348 g/mol. The number of carboxylic acid groups (broad SMARTS) is 1. The summed E-state index contributed by atoms with van der Waals surface area (Å²) in [6.45, 7) is 1.49. The zero-order valence-electron chi connectivity index (χ0n) is 13.1. The number of aromatic carboxylic acids is 1. The van der Waals surface area contributed by atoms with Crippen LogP contribution in [0.5, 0.6) is 0 Å². The minimum Gasteiger partial charge on any atom is -0.476 e. The Morgan fingerprint density at radius 3 is 2.83 bits per heavy atom. The molecule has 0 spiro atoms. The van der Waals surface area contributed by atoms with Crippen LogP contribution in [-0.4, -0.2) is 45.9 Å². The average molecular weight is 349 g/mol. The van der Waals surface area contributed by atoms with Crippen molar-refractivity contribution in [2.45, 2.75) is 12.5 Å². The number of nitrogens with zero attached hydrogens (tertiary/aromatic N) is 3. The largest absolute Gasteiger partial charge is 0.476 e. The van der Waals surface area contributed by atoms with Crippen LogP contribution in [-0.2, 0) is 7.05 Å². The van der Waals surface area contributed by atoms with Gasteiger partial charge in [0.1, 0.15) is 5.69 Å². The second-order valence-electron chi connectivity index (χ2n) is 5.73. The molecule has 1 saturated heterocycles. The van der Waals surface area contributed by atoms with Gasteiger partial charge in [-0.1, -0.05) is 17.7 Å². The number of aromatic nitrogens is 2. The van der Waals surface area contributed by atoms with Gasteiger partial charge in [-0.3, -0.25) is 9.48 Å². The molecule has 0 radical (unpaired) electrons. The molecule has 2 aromatic rings. The molecule has 1 amide bonds. The van der Waals surface area contributed by atoms with E-state index in [-0.39, 0.29) is 23.3 Å². The molecule has 2 heterocycles. The predicted molar refractivity (Wildman–Crippen MR) is 89.7 cm³/mol. The lowest BCUT2D eigenvalue weighted by Gasteiger charge is -2.19. The van der Waals surface area contributed by atoms with Crippen LogP contribution in [0.15, 0.2) is 30.3 Å².